The molecule has 1 aliphatic carbocycles. The molecule has 12 heavy (non-hydrogen) atoms. The highest BCUT2D eigenvalue weighted by molar-refractivity contribution is 7.88. The van der Waals surface area contributed by atoms with E-state index < -0.39 is 10.0 Å². The van der Waals surface area contributed by atoms with Gasteiger partial charge in [-0.05, 0) is 11.8 Å². The Bertz CT molecular complexity index is 293. The highest BCUT2D eigenvalue weighted by Gasteiger charge is 2.66. The Morgan fingerprint density at radius 3 is 1.92 bits per heavy atom. The summed E-state index contributed by atoms with van der Waals surface area (Å²) in [5, 5.41) is 0. The van der Waals surface area contributed by atoms with Crippen LogP contribution in [-0.4, -0.2) is 32.1 Å². The van der Waals surface area contributed by atoms with Crippen LogP contribution >= 0.6 is 0 Å². The Morgan fingerprint density at radius 2 is 1.67 bits per heavy atom. The van der Waals surface area contributed by atoms with Crippen molar-refractivity contribution < 1.29 is 8.42 Å². The van der Waals surface area contributed by atoms with Crippen LogP contribution in [0.2, 0.25) is 0 Å². The first kappa shape index (κ1) is 8.51. The van der Waals surface area contributed by atoms with Crippen LogP contribution in [0.5, 0.6) is 0 Å². The van der Waals surface area contributed by atoms with Crippen LogP contribution in [0.25, 0.3) is 0 Å². The molecule has 70 valence electrons. The van der Waals surface area contributed by atoms with E-state index in [2.05, 4.69) is 13.8 Å². The van der Waals surface area contributed by atoms with Crippen molar-refractivity contribution in [2.45, 2.75) is 13.8 Å². The zero-order valence-corrected chi connectivity index (χ0v) is 8.56. The molecule has 1 aliphatic heterocycles. The number of sulfonamides is 1. The second kappa shape index (κ2) is 2.04. The summed E-state index contributed by atoms with van der Waals surface area (Å²) in [5.41, 5.74) is 0.364. The molecule has 1 saturated carbocycles. The van der Waals surface area contributed by atoms with Gasteiger partial charge in [-0.25, -0.2) is 12.7 Å². The van der Waals surface area contributed by atoms with Gasteiger partial charge in [-0.1, -0.05) is 13.8 Å². The second-order valence-electron chi connectivity index (χ2n) is 4.34. The molecule has 4 heteroatoms. The lowest BCUT2D eigenvalue weighted by molar-refractivity contribution is 0.153. The van der Waals surface area contributed by atoms with E-state index in [9.17, 15) is 8.42 Å². The van der Waals surface area contributed by atoms with Crippen LogP contribution in [0.3, 0.4) is 0 Å². The van der Waals surface area contributed by atoms with Gasteiger partial charge in [0.1, 0.15) is 0 Å². The van der Waals surface area contributed by atoms with Crippen molar-refractivity contribution in [1.29, 1.82) is 0 Å². The molecule has 0 aromatic carbocycles. The topological polar surface area (TPSA) is 37.4 Å². The molecule has 2 unspecified atom stereocenters. The molecule has 1 saturated heterocycles. The van der Waals surface area contributed by atoms with Gasteiger partial charge in [0.15, 0.2) is 0 Å². The predicted octanol–water partition coefficient (Wildman–Crippen LogP) is 0.534. The third kappa shape index (κ3) is 0.879. The van der Waals surface area contributed by atoms with E-state index in [0.717, 1.165) is 24.9 Å². The third-order valence-corrected chi connectivity index (χ3v) is 5.06. The largest absolute Gasteiger partial charge is 0.213 e. The molecule has 2 atom stereocenters. The minimum Gasteiger partial charge on any atom is -0.213 e. The summed E-state index contributed by atoms with van der Waals surface area (Å²) in [6.07, 6.45) is 1.29. The monoisotopic (exact) mass is 189 g/mol. The molecule has 0 bridgehead atoms. The van der Waals surface area contributed by atoms with Crippen molar-refractivity contribution >= 4 is 10.0 Å². The Kier molecular flexibility index (Phi) is 1.45. The SMILES string of the molecule is CC1C(C)C12CN(S(C)(=O)=O)C2. The van der Waals surface area contributed by atoms with Gasteiger partial charge in [-0.15, -0.1) is 0 Å². The summed E-state index contributed by atoms with van der Waals surface area (Å²) >= 11 is 0. The van der Waals surface area contributed by atoms with Gasteiger partial charge in [-0.3, -0.25) is 0 Å². The van der Waals surface area contributed by atoms with E-state index in [0.29, 0.717) is 5.41 Å². The molecule has 2 aliphatic rings. The van der Waals surface area contributed by atoms with Crippen molar-refractivity contribution in [2.24, 2.45) is 17.3 Å². The van der Waals surface area contributed by atoms with E-state index in [1.807, 2.05) is 0 Å². The van der Waals surface area contributed by atoms with E-state index in [1.165, 1.54) is 6.26 Å². The smallest absolute Gasteiger partial charge is 0.211 e. The summed E-state index contributed by atoms with van der Waals surface area (Å²) in [5.74, 6) is 1.44. The normalized spacial score (nSPS) is 39.6. The number of hydrogen-bond acceptors (Lipinski definition) is 2. The van der Waals surface area contributed by atoms with E-state index >= 15 is 0 Å². The van der Waals surface area contributed by atoms with Gasteiger partial charge in [0.25, 0.3) is 0 Å². The molecule has 1 heterocycles. The van der Waals surface area contributed by atoms with Gasteiger partial charge in [-0.2, -0.15) is 0 Å². The van der Waals surface area contributed by atoms with Crippen molar-refractivity contribution in [2.75, 3.05) is 19.3 Å². The summed E-state index contributed by atoms with van der Waals surface area (Å²) in [6.45, 7) is 5.94. The first-order chi connectivity index (χ1) is 5.38. The molecule has 0 amide bonds. The lowest BCUT2D eigenvalue weighted by atomic mass is 9.95. The molecular weight excluding hydrogens is 174 g/mol. The minimum absolute atomic E-state index is 0.364. The molecular formula is C8H15NO2S. The lowest BCUT2D eigenvalue weighted by Gasteiger charge is -2.39. The first-order valence-electron chi connectivity index (χ1n) is 4.33. The highest BCUT2D eigenvalue weighted by Crippen LogP contribution is 2.63. The summed E-state index contributed by atoms with van der Waals surface area (Å²) in [6, 6.07) is 0. The summed E-state index contributed by atoms with van der Waals surface area (Å²) in [7, 11) is -2.91. The Balaban J connectivity index is 2.02. The third-order valence-electron chi connectivity index (χ3n) is 3.87. The van der Waals surface area contributed by atoms with Gasteiger partial charge in [0.2, 0.25) is 10.0 Å². The number of nitrogens with zero attached hydrogens (tertiary/aromatic N) is 1. The Hall–Kier alpha value is -0.0900. The van der Waals surface area contributed by atoms with Gasteiger partial charge >= 0.3 is 0 Å². The van der Waals surface area contributed by atoms with Crippen LogP contribution in [-0.2, 0) is 10.0 Å². The van der Waals surface area contributed by atoms with Gasteiger partial charge in [0.05, 0.1) is 6.26 Å². The molecule has 3 nitrogen and oxygen atoms in total. The first-order valence-corrected chi connectivity index (χ1v) is 6.18. The average Bonchev–Trinajstić information content (AvgIpc) is 2.30. The zero-order valence-electron chi connectivity index (χ0n) is 7.74. The second-order valence-corrected chi connectivity index (χ2v) is 6.32. The fourth-order valence-electron chi connectivity index (χ4n) is 2.37. The van der Waals surface area contributed by atoms with Crippen LogP contribution in [0.15, 0.2) is 0 Å². The zero-order chi connectivity index (χ0) is 9.15. The molecule has 2 rings (SSSR count). The Labute approximate surface area is 73.8 Å². The Morgan fingerprint density at radius 1 is 1.25 bits per heavy atom. The number of hydrogen-bond donors (Lipinski definition) is 0. The predicted molar refractivity (Wildman–Crippen MR) is 47.2 cm³/mol. The van der Waals surface area contributed by atoms with Crippen LogP contribution in [0.1, 0.15) is 13.8 Å². The maximum atomic E-state index is 11.1. The molecule has 0 aromatic heterocycles. The standard InChI is InChI=1S/C8H15NO2S/c1-6-7(2)8(6)4-9(5-8)12(3,10)11/h6-7H,4-5H2,1-3H3. The number of rotatable bonds is 1. The van der Waals surface area contributed by atoms with Gasteiger partial charge < -0.3 is 0 Å². The van der Waals surface area contributed by atoms with E-state index in [4.69, 9.17) is 0 Å². The van der Waals surface area contributed by atoms with Crippen LogP contribution in [0, 0.1) is 17.3 Å². The molecule has 0 N–H and O–H groups in total. The quantitative estimate of drug-likeness (QED) is 0.603. The van der Waals surface area contributed by atoms with Crippen molar-refractivity contribution in [1.82, 2.24) is 4.31 Å². The fraction of sp³-hybridized carbons (Fsp3) is 1.00. The van der Waals surface area contributed by atoms with E-state index in [1.54, 1.807) is 4.31 Å². The average molecular weight is 189 g/mol. The van der Waals surface area contributed by atoms with Gasteiger partial charge in [0, 0.05) is 18.5 Å². The van der Waals surface area contributed by atoms with Crippen molar-refractivity contribution in [3.63, 3.8) is 0 Å². The molecule has 0 aromatic rings. The highest BCUT2D eigenvalue weighted by atomic mass is 32.2. The fourth-order valence-corrected chi connectivity index (χ4v) is 3.32. The van der Waals surface area contributed by atoms with Crippen molar-refractivity contribution in [3.05, 3.63) is 0 Å². The lowest BCUT2D eigenvalue weighted by Crippen LogP contribution is -2.52. The minimum atomic E-state index is -2.91. The summed E-state index contributed by atoms with van der Waals surface area (Å²) < 4.78 is 23.7. The van der Waals surface area contributed by atoms with Crippen LogP contribution in [0.4, 0.5) is 0 Å². The molecule has 0 radical (unpaired) electrons. The summed E-state index contributed by atoms with van der Waals surface area (Å²) in [4.78, 5) is 0. The molecule has 2 fully saturated rings. The van der Waals surface area contributed by atoms with Crippen molar-refractivity contribution in [3.8, 4) is 0 Å². The molecule has 1 spiro atoms. The van der Waals surface area contributed by atoms with E-state index in [-0.39, 0.29) is 0 Å². The van der Waals surface area contributed by atoms with Crippen LogP contribution < -0.4 is 0 Å². The maximum Gasteiger partial charge on any atom is 0.211 e. The maximum absolute atomic E-state index is 11.1.